The number of nitrogens with zero attached hydrogens (tertiary/aromatic N) is 1. The van der Waals surface area contributed by atoms with E-state index in [1.165, 1.54) is 6.07 Å². The number of ketones is 1. The maximum absolute atomic E-state index is 13.2. The van der Waals surface area contributed by atoms with Gasteiger partial charge >= 0.3 is 0 Å². The first-order valence-electron chi connectivity index (χ1n) is 5.85. The quantitative estimate of drug-likeness (QED) is 0.753. The molecule has 1 saturated carbocycles. The molecule has 1 aromatic carbocycles. The Hall–Kier alpha value is -1.71. The minimum absolute atomic E-state index is 0.0819. The molecule has 0 amide bonds. The third-order valence-corrected chi connectivity index (χ3v) is 3.10. The molecule has 0 aliphatic heterocycles. The number of hydrogen-bond acceptors (Lipinski definition) is 2. The van der Waals surface area contributed by atoms with E-state index in [1.807, 2.05) is 14.1 Å². The van der Waals surface area contributed by atoms with Crippen molar-refractivity contribution in [2.24, 2.45) is 0 Å². The second-order valence-corrected chi connectivity index (χ2v) is 4.74. The van der Waals surface area contributed by atoms with Crippen LogP contribution in [0.25, 0.3) is 0 Å². The maximum atomic E-state index is 13.2. The summed E-state index contributed by atoms with van der Waals surface area (Å²) in [7, 11) is 3.67. The van der Waals surface area contributed by atoms with Crippen molar-refractivity contribution in [3.05, 3.63) is 47.2 Å². The van der Waals surface area contributed by atoms with E-state index in [-0.39, 0.29) is 11.7 Å². The fourth-order valence-electron chi connectivity index (χ4n) is 2.29. The van der Waals surface area contributed by atoms with Crippen LogP contribution in [0.5, 0.6) is 0 Å². The van der Waals surface area contributed by atoms with Gasteiger partial charge in [-0.3, -0.25) is 4.79 Å². The van der Waals surface area contributed by atoms with Crippen LogP contribution in [0, 0.1) is 11.6 Å². The van der Waals surface area contributed by atoms with E-state index in [9.17, 15) is 13.6 Å². The fraction of sp³-hybridized carbons (Fsp3) is 0.357. The number of rotatable bonds is 2. The topological polar surface area (TPSA) is 20.3 Å². The highest BCUT2D eigenvalue weighted by Crippen LogP contribution is 2.37. The minimum atomic E-state index is -0.865. The molecular formula is C14H15F2NO. The molecule has 0 saturated heterocycles. The zero-order valence-corrected chi connectivity index (χ0v) is 10.4. The van der Waals surface area contributed by atoms with E-state index in [0.29, 0.717) is 24.0 Å². The van der Waals surface area contributed by atoms with Gasteiger partial charge in [-0.25, -0.2) is 8.78 Å². The van der Waals surface area contributed by atoms with Crippen LogP contribution < -0.4 is 0 Å². The third-order valence-electron chi connectivity index (χ3n) is 3.10. The lowest BCUT2D eigenvalue weighted by Crippen LogP contribution is -2.09. The number of hydrogen-bond donors (Lipinski definition) is 0. The highest BCUT2D eigenvalue weighted by molar-refractivity contribution is 5.99. The van der Waals surface area contributed by atoms with E-state index in [0.717, 1.165) is 6.07 Å². The molecule has 0 unspecified atom stereocenters. The molecule has 2 rings (SSSR count). The Morgan fingerprint density at radius 1 is 1.28 bits per heavy atom. The Bertz CT molecular complexity index is 509. The van der Waals surface area contributed by atoms with Crippen molar-refractivity contribution in [3.63, 3.8) is 0 Å². The van der Waals surface area contributed by atoms with Crippen molar-refractivity contribution in [2.45, 2.75) is 18.8 Å². The Morgan fingerprint density at radius 3 is 2.61 bits per heavy atom. The van der Waals surface area contributed by atoms with Crippen LogP contribution >= 0.6 is 0 Å². The van der Waals surface area contributed by atoms with Crippen LogP contribution in [-0.4, -0.2) is 24.8 Å². The molecule has 0 heterocycles. The van der Waals surface area contributed by atoms with Crippen molar-refractivity contribution in [1.29, 1.82) is 0 Å². The van der Waals surface area contributed by atoms with Gasteiger partial charge in [-0.1, -0.05) is 6.07 Å². The Kier molecular flexibility index (Phi) is 3.45. The Balaban J connectivity index is 2.37. The molecule has 18 heavy (non-hydrogen) atoms. The van der Waals surface area contributed by atoms with Crippen molar-refractivity contribution in [1.82, 2.24) is 4.90 Å². The van der Waals surface area contributed by atoms with E-state index >= 15 is 0 Å². The van der Waals surface area contributed by atoms with Gasteiger partial charge in [-0.05, 0) is 24.1 Å². The number of carbonyl (C=O) groups is 1. The Labute approximate surface area is 105 Å². The van der Waals surface area contributed by atoms with E-state index in [4.69, 9.17) is 0 Å². The normalized spacial score (nSPS) is 21.7. The van der Waals surface area contributed by atoms with Gasteiger partial charge in [-0.15, -0.1) is 0 Å². The number of benzene rings is 1. The van der Waals surface area contributed by atoms with Gasteiger partial charge in [0.25, 0.3) is 0 Å². The summed E-state index contributed by atoms with van der Waals surface area (Å²) in [5.41, 5.74) is 1.33. The molecule has 4 heteroatoms. The average Bonchev–Trinajstić information content (AvgIpc) is 2.64. The first-order chi connectivity index (χ1) is 8.49. The largest absolute Gasteiger partial charge is 0.383 e. The van der Waals surface area contributed by atoms with E-state index in [1.54, 1.807) is 17.2 Å². The van der Waals surface area contributed by atoms with E-state index in [2.05, 4.69) is 0 Å². The van der Waals surface area contributed by atoms with Crippen LogP contribution in [0.2, 0.25) is 0 Å². The van der Waals surface area contributed by atoms with Crippen molar-refractivity contribution >= 4 is 5.78 Å². The van der Waals surface area contributed by atoms with Crippen molar-refractivity contribution in [3.8, 4) is 0 Å². The van der Waals surface area contributed by atoms with E-state index < -0.39 is 11.6 Å². The van der Waals surface area contributed by atoms with Crippen molar-refractivity contribution < 1.29 is 13.6 Å². The second kappa shape index (κ2) is 4.88. The molecule has 0 radical (unpaired) electrons. The summed E-state index contributed by atoms with van der Waals surface area (Å²) in [5, 5.41) is 0. The maximum Gasteiger partial charge on any atom is 0.160 e. The predicted octanol–water partition coefficient (Wildman–Crippen LogP) is 2.86. The molecule has 96 valence electrons. The highest BCUT2D eigenvalue weighted by atomic mass is 19.2. The molecule has 1 fully saturated rings. The third kappa shape index (κ3) is 2.42. The molecule has 1 aliphatic rings. The summed E-state index contributed by atoms with van der Waals surface area (Å²) in [6, 6.07) is 3.84. The summed E-state index contributed by atoms with van der Waals surface area (Å²) < 4.78 is 26.1. The second-order valence-electron chi connectivity index (χ2n) is 4.74. The molecule has 2 nitrogen and oxygen atoms in total. The Morgan fingerprint density at radius 2 is 2.00 bits per heavy atom. The smallest absolute Gasteiger partial charge is 0.160 e. The standard InChI is InChI=1S/C14H15F2NO/c1-17(2)8-11-10(4-6-14(11)18)9-3-5-12(15)13(16)7-9/h3,5,7-8,10H,4,6H2,1-2H3/b11-8-/t10-/m0/s1. The van der Waals surface area contributed by atoms with Gasteiger partial charge in [0, 0.05) is 38.2 Å². The lowest BCUT2D eigenvalue weighted by atomic mass is 9.94. The van der Waals surface area contributed by atoms with Crippen LogP contribution in [0.15, 0.2) is 30.0 Å². The number of Topliss-reactive ketones (excluding diaryl/α,β-unsaturated/α-hetero) is 1. The first kappa shape index (κ1) is 12.7. The van der Waals surface area contributed by atoms with Crippen LogP contribution in [0.4, 0.5) is 8.78 Å². The van der Waals surface area contributed by atoms with Gasteiger partial charge in [0.15, 0.2) is 17.4 Å². The lowest BCUT2D eigenvalue weighted by Gasteiger charge is -2.14. The monoisotopic (exact) mass is 251 g/mol. The van der Waals surface area contributed by atoms with Gasteiger partial charge in [0.1, 0.15) is 0 Å². The average molecular weight is 251 g/mol. The highest BCUT2D eigenvalue weighted by Gasteiger charge is 2.30. The number of carbonyl (C=O) groups excluding carboxylic acids is 1. The zero-order chi connectivity index (χ0) is 13.3. The van der Waals surface area contributed by atoms with Gasteiger partial charge in [-0.2, -0.15) is 0 Å². The lowest BCUT2D eigenvalue weighted by molar-refractivity contribution is -0.114. The number of allylic oxidation sites excluding steroid dienone is 1. The molecule has 0 spiro atoms. The molecule has 1 aromatic rings. The van der Waals surface area contributed by atoms with Crippen LogP contribution in [0.1, 0.15) is 24.3 Å². The molecule has 1 aliphatic carbocycles. The van der Waals surface area contributed by atoms with Crippen LogP contribution in [-0.2, 0) is 4.79 Å². The molecular weight excluding hydrogens is 236 g/mol. The zero-order valence-electron chi connectivity index (χ0n) is 10.4. The summed E-state index contributed by atoms with van der Waals surface area (Å²) in [4.78, 5) is 13.6. The summed E-state index contributed by atoms with van der Waals surface area (Å²) in [6.45, 7) is 0. The molecule has 0 N–H and O–H groups in total. The fourth-order valence-corrected chi connectivity index (χ4v) is 2.29. The van der Waals surface area contributed by atoms with Crippen molar-refractivity contribution in [2.75, 3.05) is 14.1 Å². The summed E-state index contributed by atoms with van der Waals surface area (Å²) in [5.74, 6) is -1.77. The predicted molar refractivity (Wildman–Crippen MR) is 65.1 cm³/mol. The molecule has 0 aromatic heterocycles. The summed E-state index contributed by atoms with van der Waals surface area (Å²) >= 11 is 0. The first-order valence-corrected chi connectivity index (χ1v) is 5.85. The van der Waals surface area contributed by atoms with Crippen LogP contribution in [0.3, 0.4) is 0 Å². The van der Waals surface area contributed by atoms with Gasteiger partial charge < -0.3 is 4.90 Å². The SMILES string of the molecule is CN(C)/C=C1\C(=O)CC[C@H]1c1ccc(F)c(F)c1. The van der Waals surface area contributed by atoms with Gasteiger partial charge in [0.05, 0.1) is 0 Å². The molecule has 1 atom stereocenters. The van der Waals surface area contributed by atoms with Gasteiger partial charge in [0.2, 0.25) is 0 Å². The summed E-state index contributed by atoms with van der Waals surface area (Å²) in [6.07, 6.45) is 2.88. The number of halogens is 2. The molecule has 0 bridgehead atoms. The minimum Gasteiger partial charge on any atom is -0.383 e.